The lowest BCUT2D eigenvalue weighted by Gasteiger charge is -2.16. The average Bonchev–Trinajstić information content (AvgIpc) is 2.37. The third-order valence-corrected chi connectivity index (χ3v) is 2.82. The third-order valence-electron chi connectivity index (χ3n) is 2.82. The van der Waals surface area contributed by atoms with Crippen LogP contribution in [0.3, 0.4) is 0 Å². The second kappa shape index (κ2) is 5.74. The van der Waals surface area contributed by atoms with Gasteiger partial charge >= 0.3 is 12.1 Å². The maximum atomic E-state index is 12.8. The zero-order valence-electron chi connectivity index (χ0n) is 10.3. The Hall–Kier alpha value is -2.36. The van der Waals surface area contributed by atoms with Crippen LogP contribution in [0, 0.1) is 23.2 Å². The first-order valence-electron chi connectivity index (χ1n) is 5.53. The van der Waals surface area contributed by atoms with E-state index in [1.807, 2.05) is 0 Å². The first kappa shape index (κ1) is 15.7. The van der Waals surface area contributed by atoms with Crippen LogP contribution in [-0.2, 0) is 11.0 Å². The Balaban J connectivity index is 3.23. The van der Waals surface area contributed by atoms with E-state index in [1.165, 1.54) is 12.1 Å². The molecule has 0 aliphatic rings. The molecule has 2 unspecified atom stereocenters. The van der Waals surface area contributed by atoms with Gasteiger partial charge in [0, 0.05) is 11.5 Å². The van der Waals surface area contributed by atoms with Gasteiger partial charge < -0.3 is 5.11 Å². The van der Waals surface area contributed by atoms with E-state index in [2.05, 4.69) is 0 Å². The third kappa shape index (κ3) is 3.15. The Morgan fingerprint density at radius 3 is 2.30 bits per heavy atom. The van der Waals surface area contributed by atoms with E-state index in [0.29, 0.717) is 0 Å². The summed E-state index contributed by atoms with van der Waals surface area (Å²) in [5.74, 6) is -5.63. The van der Waals surface area contributed by atoms with Gasteiger partial charge in [-0.05, 0) is 6.07 Å². The van der Waals surface area contributed by atoms with E-state index in [4.69, 9.17) is 10.4 Å². The molecule has 2 atom stereocenters. The van der Waals surface area contributed by atoms with E-state index in [-0.39, 0.29) is 0 Å². The molecule has 1 N–H and O–H groups in total. The van der Waals surface area contributed by atoms with Crippen molar-refractivity contribution in [2.45, 2.75) is 13.1 Å². The number of rotatable bonds is 4. The number of benzene rings is 1. The second-order valence-corrected chi connectivity index (χ2v) is 4.14. The molecule has 0 aliphatic carbocycles. The lowest BCUT2D eigenvalue weighted by molar-refractivity contribution is -0.140. The molecule has 0 radical (unpaired) electrons. The van der Waals surface area contributed by atoms with Crippen molar-refractivity contribution in [3.63, 3.8) is 0 Å². The quantitative estimate of drug-likeness (QED) is 0.863. The van der Waals surface area contributed by atoms with Gasteiger partial charge in [0.1, 0.15) is 0 Å². The molecule has 0 spiro atoms. The van der Waals surface area contributed by atoms with Gasteiger partial charge in [-0.15, -0.1) is 0 Å². The molecule has 1 rings (SSSR count). The molecule has 0 aliphatic heterocycles. The fourth-order valence-corrected chi connectivity index (χ4v) is 1.72. The van der Waals surface area contributed by atoms with Crippen molar-refractivity contribution in [3.8, 4) is 6.07 Å². The fraction of sp³-hybridized carbons (Fsp3) is 0.308. The smallest absolute Gasteiger partial charge is 0.417 e. The highest BCUT2D eigenvalue weighted by Gasteiger charge is 2.38. The van der Waals surface area contributed by atoms with Crippen molar-refractivity contribution in [2.24, 2.45) is 11.8 Å². The molecule has 4 nitrogen and oxygen atoms in total. The molecule has 1 aromatic carbocycles. The Bertz CT molecular complexity index is 575. The summed E-state index contributed by atoms with van der Waals surface area (Å²) in [5.41, 5.74) is -1.77. The molecule has 0 amide bonds. The minimum atomic E-state index is -4.72. The summed E-state index contributed by atoms with van der Waals surface area (Å²) in [4.78, 5) is 22.8. The van der Waals surface area contributed by atoms with Crippen molar-refractivity contribution in [2.75, 3.05) is 0 Å². The summed E-state index contributed by atoms with van der Waals surface area (Å²) in [5, 5.41) is 17.5. The monoisotopic (exact) mass is 285 g/mol. The zero-order chi connectivity index (χ0) is 15.5. The summed E-state index contributed by atoms with van der Waals surface area (Å²) in [6.45, 7) is 1.12. The van der Waals surface area contributed by atoms with Gasteiger partial charge in [0.05, 0.1) is 11.6 Å². The van der Waals surface area contributed by atoms with Gasteiger partial charge in [0.15, 0.2) is 11.7 Å². The number of carboxylic acids is 1. The van der Waals surface area contributed by atoms with Crippen molar-refractivity contribution < 1.29 is 27.9 Å². The van der Waals surface area contributed by atoms with E-state index in [0.717, 1.165) is 25.1 Å². The first-order chi connectivity index (χ1) is 9.20. The van der Waals surface area contributed by atoms with Crippen LogP contribution in [0.15, 0.2) is 24.3 Å². The largest absolute Gasteiger partial charge is 0.480 e. The van der Waals surface area contributed by atoms with Crippen LogP contribution in [0.25, 0.3) is 0 Å². The Morgan fingerprint density at radius 1 is 1.30 bits per heavy atom. The molecule has 0 aromatic heterocycles. The molecule has 0 fully saturated rings. The van der Waals surface area contributed by atoms with E-state index in [9.17, 15) is 22.8 Å². The van der Waals surface area contributed by atoms with Crippen LogP contribution in [0.4, 0.5) is 13.2 Å². The molecule has 106 valence electrons. The average molecular weight is 285 g/mol. The normalized spacial score (nSPS) is 14.2. The molecule has 0 saturated heterocycles. The SMILES string of the molecule is CC(C(=O)c1ccccc1C(F)(F)F)C(C#N)C(=O)O. The van der Waals surface area contributed by atoms with Gasteiger partial charge in [-0.1, -0.05) is 25.1 Å². The highest BCUT2D eigenvalue weighted by Crippen LogP contribution is 2.33. The second-order valence-electron chi connectivity index (χ2n) is 4.14. The molecule has 0 heterocycles. The van der Waals surface area contributed by atoms with Crippen molar-refractivity contribution in [1.82, 2.24) is 0 Å². The molecule has 0 saturated carbocycles. The molecule has 0 bridgehead atoms. The first-order valence-corrected chi connectivity index (χ1v) is 5.53. The molecule has 7 heteroatoms. The van der Waals surface area contributed by atoms with Crippen LogP contribution in [0.1, 0.15) is 22.8 Å². The number of nitrogens with zero attached hydrogens (tertiary/aromatic N) is 1. The predicted molar refractivity (Wildman–Crippen MR) is 61.7 cm³/mol. The Kier molecular flexibility index (Phi) is 4.50. The summed E-state index contributed by atoms with van der Waals surface area (Å²) >= 11 is 0. The van der Waals surface area contributed by atoms with Gasteiger partial charge in [0.25, 0.3) is 0 Å². The number of alkyl halides is 3. The van der Waals surface area contributed by atoms with Crippen LogP contribution < -0.4 is 0 Å². The van der Waals surface area contributed by atoms with Crippen molar-refractivity contribution in [1.29, 1.82) is 5.26 Å². The van der Waals surface area contributed by atoms with E-state index in [1.54, 1.807) is 0 Å². The number of carbonyl (C=O) groups excluding carboxylic acids is 1. The van der Waals surface area contributed by atoms with Crippen molar-refractivity contribution >= 4 is 11.8 Å². The number of ketones is 1. The fourth-order valence-electron chi connectivity index (χ4n) is 1.72. The highest BCUT2D eigenvalue weighted by molar-refractivity contribution is 6.01. The lowest BCUT2D eigenvalue weighted by Crippen LogP contribution is -2.28. The number of halogens is 3. The Labute approximate surface area is 112 Å². The van der Waals surface area contributed by atoms with E-state index < -0.39 is 40.9 Å². The lowest BCUT2D eigenvalue weighted by atomic mass is 9.86. The number of Topliss-reactive ketones (excluding diaryl/α,β-unsaturated/α-hetero) is 1. The highest BCUT2D eigenvalue weighted by atomic mass is 19.4. The van der Waals surface area contributed by atoms with E-state index >= 15 is 0 Å². The number of carbonyl (C=O) groups is 2. The van der Waals surface area contributed by atoms with Gasteiger partial charge in [-0.25, -0.2) is 0 Å². The molecular weight excluding hydrogens is 275 g/mol. The minimum absolute atomic E-state index is 0.631. The number of nitriles is 1. The van der Waals surface area contributed by atoms with Crippen molar-refractivity contribution in [3.05, 3.63) is 35.4 Å². The summed E-state index contributed by atoms with van der Waals surface area (Å²) < 4.78 is 38.3. The van der Waals surface area contributed by atoms with Crippen LogP contribution in [-0.4, -0.2) is 16.9 Å². The topological polar surface area (TPSA) is 78.2 Å². The maximum absolute atomic E-state index is 12.8. The number of hydrogen-bond donors (Lipinski definition) is 1. The van der Waals surface area contributed by atoms with Crippen LogP contribution >= 0.6 is 0 Å². The van der Waals surface area contributed by atoms with Gasteiger partial charge in [-0.2, -0.15) is 18.4 Å². The van der Waals surface area contributed by atoms with Gasteiger partial charge in [0.2, 0.25) is 0 Å². The summed E-state index contributed by atoms with van der Waals surface area (Å²) in [6.07, 6.45) is -4.72. The number of carboxylic acid groups (broad SMARTS) is 1. The summed E-state index contributed by atoms with van der Waals surface area (Å²) in [7, 11) is 0. The number of aliphatic carboxylic acids is 1. The van der Waals surface area contributed by atoms with Crippen LogP contribution in [0.5, 0.6) is 0 Å². The molecular formula is C13H10F3NO3. The minimum Gasteiger partial charge on any atom is -0.480 e. The predicted octanol–water partition coefficient (Wildman–Crippen LogP) is 2.75. The molecule has 1 aromatic rings. The maximum Gasteiger partial charge on any atom is 0.417 e. The zero-order valence-corrected chi connectivity index (χ0v) is 10.3. The standard InChI is InChI=1S/C13H10F3NO3/c1-7(9(6-17)12(19)20)11(18)8-4-2-3-5-10(8)13(14,15)16/h2-5,7,9H,1H3,(H,19,20). The summed E-state index contributed by atoms with van der Waals surface area (Å²) in [6, 6.07) is 5.49. The number of hydrogen-bond acceptors (Lipinski definition) is 3. The Morgan fingerprint density at radius 2 is 1.85 bits per heavy atom. The molecule has 20 heavy (non-hydrogen) atoms. The van der Waals surface area contributed by atoms with Crippen LogP contribution in [0.2, 0.25) is 0 Å². The van der Waals surface area contributed by atoms with Gasteiger partial charge in [-0.3, -0.25) is 9.59 Å².